The third-order valence-corrected chi connectivity index (χ3v) is 3.79. The van der Waals surface area contributed by atoms with Gasteiger partial charge in [-0.1, -0.05) is 24.3 Å². The molecule has 1 aliphatic carbocycles. The summed E-state index contributed by atoms with van der Waals surface area (Å²) in [5.74, 6) is 0. The van der Waals surface area contributed by atoms with Crippen LogP contribution in [0.5, 0.6) is 0 Å². The molecule has 0 radical (unpaired) electrons. The van der Waals surface area contributed by atoms with Crippen molar-refractivity contribution in [1.29, 1.82) is 0 Å². The van der Waals surface area contributed by atoms with Gasteiger partial charge in [-0.15, -0.1) is 0 Å². The number of benzene rings is 1. The zero-order valence-electron chi connectivity index (χ0n) is 8.37. The van der Waals surface area contributed by atoms with Gasteiger partial charge in [-0.3, -0.25) is 4.99 Å². The van der Waals surface area contributed by atoms with Crippen LogP contribution in [0.25, 0.3) is 0 Å². The number of hydrogen-bond donors (Lipinski definition) is 0. The lowest BCUT2D eigenvalue weighted by Crippen LogP contribution is -2.27. The lowest BCUT2D eigenvalue weighted by molar-refractivity contribution is 0.403. The van der Waals surface area contributed by atoms with Crippen molar-refractivity contribution in [2.45, 2.75) is 31.1 Å². The van der Waals surface area contributed by atoms with Crippen molar-refractivity contribution in [3.05, 3.63) is 35.4 Å². The first-order valence-electron chi connectivity index (χ1n) is 5.47. The third kappa shape index (κ3) is 1.05. The molecule has 1 spiro atoms. The monoisotopic (exact) mass is 185 g/mol. The Hall–Kier alpha value is -1.11. The fraction of sp³-hybridized carbons (Fsp3) is 0.462. The summed E-state index contributed by atoms with van der Waals surface area (Å²) in [6.07, 6.45) is 7.14. The standard InChI is InChI=1S/C13H15N/c1-2-4-12-11(3-1)5-6-13(12)7-9-14-10-8-13/h1-4,9H,5-8,10H2. The number of nitrogens with zero attached hydrogens (tertiary/aromatic N) is 1. The molecule has 0 aromatic heterocycles. The van der Waals surface area contributed by atoms with Crippen molar-refractivity contribution in [1.82, 2.24) is 0 Å². The van der Waals surface area contributed by atoms with Gasteiger partial charge in [0.25, 0.3) is 0 Å². The average Bonchev–Trinajstić information content (AvgIpc) is 2.60. The molecule has 1 unspecified atom stereocenters. The average molecular weight is 185 g/mol. The molecular weight excluding hydrogens is 170 g/mol. The Morgan fingerprint density at radius 1 is 1.14 bits per heavy atom. The molecule has 14 heavy (non-hydrogen) atoms. The van der Waals surface area contributed by atoms with Gasteiger partial charge in [0.05, 0.1) is 0 Å². The van der Waals surface area contributed by atoms with Gasteiger partial charge in [0.15, 0.2) is 0 Å². The highest BCUT2D eigenvalue weighted by Gasteiger charge is 2.38. The Balaban J connectivity index is 2.08. The normalized spacial score (nSPS) is 29.4. The molecule has 1 nitrogen and oxygen atoms in total. The van der Waals surface area contributed by atoms with Gasteiger partial charge >= 0.3 is 0 Å². The highest BCUT2D eigenvalue weighted by atomic mass is 14.7. The molecule has 0 saturated carbocycles. The number of hydrogen-bond acceptors (Lipinski definition) is 1. The largest absolute Gasteiger partial charge is 0.297 e. The molecule has 1 aliphatic heterocycles. The zero-order valence-corrected chi connectivity index (χ0v) is 8.37. The summed E-state index contributed by atoms with van der Waals surface area (Å²) in [5.41, 5.74) is 3.63. The van der Waals surface area contributed by atoms with Gasteiger partial charge in [-0.25, -0.2) is 0 Å². The second-order valence-electron chi connectivity index (χ2n) is 4.48. The van der Waals surface area contributed by atoms with E-state index in [2.05, 4.69) is 35.5 Å². The third-order valence-electron chi connectivity index (χ3n) is 3.79. The summed E-state index contributed by atoms with van der Waals surface area (Å²) in [4.78, 5) is 4.34. The van der Waals surface area contributed by atoms with Crippen LogP contribution in [0.4, 0.5) is 0 Å². The van der Waals surface area contributed by atoms with Crippen molar-refractivity contribution in [3.63, 3.8) is 0 Å². The van der Waals surface area contributed by atoms with Gasteiger partial charge in [0.1, 0.15) is 0 Å². The summed E-state index contributed by atoms with van der Waals surface area (Å²) in [7, 11) is 0. The Morgan fingerprint density at radius 2 is 2.07 bits per heavy atom. The van der Waals surface area contributed by atoms with Crippen molar-refractivity contribution in [3.8, 4) is 0 Å². The van der Waals surface area contributed by atoms with Crippen molar-refractivity contribution in [2.75, 3.05) is 6.54 Å². The Labute approximate surface area is 84.9 Å². The first-order chi connectivity index (χ1) is 6.91. The van der Waals surface area contributed by atoms with Gasteiger partial charge in [-0.2, -0.15) is 0 Å². The number of aryl methyl sites for hydroxylation is 1. The first kappa shape index (κ1) is 8.22. The number of fused-ring (bicyclic) bond motifs is 2. The highest BCUT2D eigenvalue weighted by Crippen LogP contribution is 2.44. The lowest BCUT2D eigenvalue weighted by atomic mass is 9.75. The minimum Gasteiger partial charge on any atom is -0.297 e. The minimum absolute atomic E-state index is 0.457. The van der Waals surface area contributed by atoms with Crippen LogP contribution in [0.15, 0.2) is 29.3 Å². The van der Waals surface area contributed by atoms with Crippen LogP contribution in [-0.4, -0.2) is 12.8 Å². The molecule has 1 heteroatoms. The van der Waals surface area contributed by atoms with Gasteiger partial charge in [-0.05, 0) is 43.0 Å². The highest BCUT2D eigenvalue weighted by molar-refractivity contribution is 5.63. The van der Waals surface area contributed by atoms with Crippen LogP contribution < -0.4 is 0 Å². The van der Waals surface area contributed by atoms with E-state index in [1.807, 2.05) is 0 Å². The van der Waals surface area contributed by atoms with E-state index in [0.29, 0.717) is 5.41 Å². The van der Waals surface area contributed by atoms with E-state index in [9.17, 15) is 0 Å². The van der Waals surface area contributed by atoms with Crippen LogP contribution in [0.1, 0.15) is 30.4 Å². The molecule has 3 rings (SSSR count). The van der Waals surface area contributed by atoms with Crippen molar-refractivity contribution >= 4 is 6.21 Å². The van der Waals surface area contributed by atoms with E-state index in [0.717, 1.165) is 13.0 Å². The van der Waals surface area contributed by atoms with Crippen LogP contribution >= 0.6 is 0 Å². The molecule has 0 bridgehead atoms. The predicted octanol–water partition coefficient (Wildman–Crippen LogP) is 2.74. The minimum atomic E-state index is 0.457. The number of rotatable bonds is 0. The molecule has 0 amide bonds. The maximum atomic E-state index is 4.34. The fourth-order valence-electron chi connectivity index (χ4n) is 2.95. The van der Waals surface area contributed by atoms with Crippen LogP contribution in [-0.2, 0) is 11.8 Å². The van der Waals surface area contributed by atoms with E-state index < -0.39 is 0 Å². The number of aliphatic imine (C=N–C) groups is 1. The summed E-state index contributed by atoms with van der Waals surface area (Å²) in [6.45, 7) is 1.02. The van der Waals surface area contributed by atoms with Crippen LogP contribution in [0.3, 0.4) is 0 Å². The molecule has 72 valence electrons. The SMILES string of the molecule is C1=NCCC2(C1)CCc1ccccc12. The van der Waals surface area contributed by atoms with Crippen molar-refractivity contribution in [2.24, 2.45) is 4.99 Å². The van der Waals surface area contributed by atoms with E-state index in [-0.39, 0.29) is 0 Å². The molecule has 1 heterocycles. The lowest BCUT2D eigenvalue weighted by Gasteiger charge is -2.31. The second kappa shape index (κ2) is 2.94. The maximum absolute atomic E-state index is 4.34. The molecule has 1 aromatic rings. The summed E-state index contributed by atoms with van der Waals surface area (Å²) < 4.78 is 0. The van der Waals surface area contributed by atoms with Crippen LogP contribution in [0, 0.1) is 0 Å². The molecule has 1 aromatic carbocycles. The Bertz CT molecular complexity index is 381. The second-order valence-corrected chi connectivity index (χ2v) is 4.48. The summed E-state index contributed by atoms with van der Waals surface area (Å²) >= 11 is 0. The Kier molecular flexibility index (Phi) is 1.73. The molecular formula is C13H15N. The van der Waals surface area contributed by atoms with Gasteiger partial charge in [0, 0.05) is 12.0 Å². The van der Waals surface area contributed by atoms with E-state index in [1.54, 1.807) is 11.1 Å². The van der Waals surface area contributed by atoms with Gasteiger partial charge < -0.3 is 0 Å². The quantitative estimate of drug-likeness (QED) is 0.589. The maximum Gasteiger partial charge on any atom is 0.0394 e. The summed E-state index contributed by atoms with van der Waals surface area (Å²) in [6, 6.07) is 8.95. The van der Waals surface area contributed by atoms with E-state index >= 15 is 0 Å². The van der Waals surface area contributed by atoms with Gasteiger partial charge in [0.2, 0.25) is 0 Å². The Morgan fingerprint density at radius 3 is 2.93 bits per heavy atom. The molecule has 0 fully saturated rings. The molecule has 0 saturated heterocycles. The smallest absolute Gasteiger partial charge is 0.0394 e. The molecule has 2 aliphatic rings. The molecule has 1 atom stereocenters. The molecule has 0 N–H and O–H groups in total. The van der Waals surface area contributed by atoms with Crippen molar-refractivity contribution < 1.29 is 0 Å². The fourth-order valence-corrected chi connectivity index (χ4v) is 2.95. The van der Waals surface area contributed by atoms with E-state index in [4.69, 9.17) is 0 Å². The topological polar surface area (TPSA) is 12.4 Å². The van der Waals surface area contributed by atoms with E-state index in [1.165, 1.54) is 19.3 Å². The summed E-state index contributed by atoms with van der Waals surface area (Å²) in [5, 5.41) is 0. The van der Waals surface area contributed by atoms with Crippen LogP contribution in [0.2, 0.25) is 0 Å². The zero-order chi connectivity index (χ0) is 9.43. The first-order valence-corrected chi connectivity index (χ1v) is 5.47. The predicted molar refractivity (Wildman–Crippen MR) is 59.0 cm³/mol.